The Balaban J connectivity index is 1.25. The first-order chi connectivity index (χ1) is 18.8. The molecular formula is C27H36ClF2N5O4S. The molecule has 0 radical (unpaired) electrons. The van der Waals surface area contributed by atoms with Gasteiger partial charge in [-0.3, -0.25) is 9.48 Å². The molecule has 2 N–H and O–H groups in total. The van der Waals surface area contributed by atoms with Crippen LogP contribution in [-0.2, 0) is 16.4 Å². The molecule has 0 saturated heterocycles. The largest absolute Gasteiger partial charge is 0.496 e. The molecule has 13 heteroatoms. The quantitative estimate of drug-likeness (QED) is 0.419. The van der Waals surface area contributed by atoms with Gasteiger partial charge >= 0.3 is 0 Å². The van der Waals surface area contributed by atoms with Crippen molar-refractivity contribution in [3.63, 3.8) is 0 Å². The second-order valence-electron chi connectivity index (χ2n) is 11.7. The number of aryl methyl sites for hydroxylation is 1. The maximum absolute atomic E-state index is 13.3. The van der Waals surface area contributed by atoms with E-state index < -0.39 is 21.7 Å². The highest BCUT2D eigenvalue weighted by atomic mass is 35.5. The second-order valence-corrected chi connectivity index (χ2v) is 14.4. The van der Waals surface area contributed by atoms with Gasteiger partial charge in [0.1, 0.15) is 21.4 Å². The van der Waals surface area contributed by atoms with Crippen LogP contribution >= 0.6 is 11.6 Å². The number of amides is 1. The van der Waals surface area contributed by atoms with Crippen molar-refractivity contribution in [2.24, 2.45) is 11.3 Å². The van der Waals surface area contributed by atoms with Gasteiger partial charge in [-0.1, -0.05) is 11.6 Å². The number of alkyl halides is 2. The Labute approximate surface area is 238 Å². The fraction of sp³-hybridized carbons (Fsp3) is 0.667. The van der Waals surface area contributed by atoms with Gasteiger partial charge < -0.3 is 15.4 Å². The van der Waals surface area contributed by atoms with E-state index in [1.54, 1.807) is 16.9 Å². The smallest absolute Gasteiger partial charge is 0.273 e. The monoisotopic (exact) mass is 599 g/mol. The molecule has 220 valence electrons. The van der Waals surface area contributed by atoms with Crippen molar-refractivity contribution >= 4 is 33.2 Å². The first-order valence-corrected chi connectivity index (χ1v) is 16.1. The molecule has 0 atom stereocenters. The number of hydrogen-bond acceptors (Lipinski definition) is 7. The number of pyridine rings is 1. The zero-order chi connectivity index (χ0) is 28.9. The lowest BCUT2D eigenvalue weighted by Gasteiger charge is -2.57. The SMILES string of the molecule is CCn1nc(C(=O)NC[C@H]2CC[C@H](S(C)(=O)=O)CC2)c(Cl)c1-c1cnc(NC2CC3(C2)CC(F)(F)C3)cc1OC. The average molecular weight is 600 g/mol. The molecule has 3 fully saturated rings. The Kier molecular flexibility index (Phi) is 7.80. The van der Waals surface area contributed by atoms with E-state index in [1.165, 1.54) is 13.4 Å². The summed E-state index contributed by atoms with van der Waals surface area (Å²) in [5, 5.41) is 10.6. The second kappa shape index (κ2) is 10.7. The number of methoxy groups -OCH3 is 1. The summed E-state index contributed by atoms with van der Waals surface area (Å²) >= 11 is 6.72. The van der Waals surface area contributed by atoms with E-state index in [0.29, 0.717) is 61.6 Å². The third-order valence-corrected chi connectivity index (χ3v) is 10.7. The average Bonchev–Trinajstić information content (AvgIpc) is 3.20. The van der Waals surface area contributed by atoms with E-state index >= 15 is 0 Å². The molecule has 1 amide bonds. The lowest BCUT2D eigenvalue weighted by molar-refractivity contribution is -0.193. The number of anilines is 1. The van der Waals surface area contributed by atoms with Crippen LogP contribution < -0.4 is 15.4 Å². The minimum Gasteiger partial charge on any atom is -0.496 e. The van der Waals surface area contributed by atoms with Crippen molar-refractivity contribution in [3.05, 3.63) is 23.0 Å². The zero-order valence-corrected chi connectivity index (χ0v) is 24.5. The van der Waals surface area contributed by atoms with Gasteiger partial charge in [-0.05, 0) is 56.8 Å². The molecule has 0 aliphatic heterocycles. The summed E-state index contributed by atoms with van der Waals surface area (Å²) in [4.78, 5) is 17.6. The molecule has 0 aromatic carbocycles. The van der Waals surface area contributed by atoms with Gasteiger partial charge in [0, 0.05) is 50.5 Å². The summed E-state index contributed by atoms with van der Waals surface area (Å²) in [5.41, 5.74) is 0.955. The van der Waals surface area contributed by atoms with Crippen molar-refractivity contribution in [1.29, 1.82) is 0 Å². The number of ether oxygens (including phenoxy) is 1. The highest BCUT2D eigenvalue weighted by Crippen LogP contribution is 2.62. The Morgan fingerprint density at radius 3 is 2.48 bits per heavy atom. The maximum Gasteiger partial charge on any atom is 0.273 e. The Hall–Kier alpha value is -2.47. The Bertz CT molecular complexity index is 1380. The van der Waals surface area contributed by atoms with Crippen LogP contribution in [0.5, 0.6) is 5.75 Å². The maximum atomic E-state index is 13.3. The number of hydrogen-bond donors (Lipinski definition) is 2. The molecule has 40 heavy (non-hydrogen) atoms. The Morgan fingerprint density at radius 2 is 1.90 bits per heavy atom. The van der Waals surface area contributed by atoms with Crippen molar-refractivity contribution in [3.8, 4) is 17.0 Å². The number of nitrogens with one attached hydrogen (secondary N) is 2. The zero-order valence-electron chi connectivity index (χ0n) is 23.0. The molecule has 0 bridgehead atoms. The van der Waals surface area contributed by atoms with Crippen LogP contribution in [0, 0.1) is 11.3 Å². The summed E-state index contributed by atoms with van der Waals surface area (Å²) in [6.45, 7) is 2.77. The summed E-state index contributed by atoms with van der Waals surface area (Å²) < 4.78 is 57.5. The van der Waals surface area contributed by atoms with Crippen molar-refractivity contribution in [2.75, 3.05) is 25.2 Å². The lowest BCUT2D eigenvalue weighted by Crippen LogP contribution is -2.57. The van der Waals surface area contributed by atoms with Gasteiger partial charge in [-0.25, -0.2) is 22.2 Å². The van der Waals surface area contributed by atoms with Crippen LogP contribution in [0.25, 0.3) is 11.3 Å². The number of rotatable bonds is 9. The summed E-state index contributed by atoms with van der Waals surface area (Å²) in [6.07, 6.45) is 6.89. The molecule has 2 aromatic heterocycles. The minimum absolute atomic E-state index is 0.0341. The Morgan fingerprint density at radius 1 is 1.23 bits per heavy atom. The highest BCUT2D eigenvalue weighted by molar-refractivity contribution is 7.91. The van der Waals surface area contributed by atoms with E-state index in [-0.39, 0.29) is 46.2 Å². The first-order valence-electron chi connectivity index (χ1n) is 13.8. The predicted octanol–water partition coefficient (Wildman–Crippen LogP) is 4.95. The number of halogens is 3. The molecule has 3 aliphatic carbocycles. The number of carbonyl (C=O) groups excluding carboxylic acids is 1. The third-order valence-electron chi connectivity index (χ3n) is 8.68. The number of nitrogens with zero attached hydrogens (tertiary/aromatic N) is 3. The predicted molar refractivity (Wildman–Crippen MR) is 149 cm³/mol. The number of carbonyl (C=O) groups is 1. The fourth-order valence-corrected chi connectivity index (χ4v) is 8.10. The van der Waals surface area contributed by atoms with Gasteiger partial charge in [-0.15, -0.1) is 0 Å². The molecule has 1 spiro atoms. The van der Waals surface area contributed by atoms with Gasteiger partial charge in [0.05, 0.1) is 28.6 Å². The van der Waals surface area contributed by atoms with Crippen LogP contribution in [0.2, 0.25) is 5.02 Å². The summed E-state index contributed by atoms with van der Waals surface area (Å²) in [5.74, 6) is -1.65. The van der Waals surface area contributed by atoms with Crippen molar-refractivity contribution in [2.45, 2.75) is 82.0 Å². The topological polar surface area (TPSA) is 115 Å². The molecule has 3 aliphatic rings. The van der Waals surface area contributed by atoms with Crippen LogP contribution in [0.15, 0.2) is 12.3 Å². The van der Waals surface area contributed by atoms with E-state index in [4.69, 9.17) is 16.3 Å². The molecule has 9 nitrogen and oxygen atoms in total. The molecule has 2 aromatic rings. The van der Waals surface area contributed by atoms with Crippen molar-refractivity contribution in [1.82, 2.24) is 20.1 Å². The first kappa shape index (κ1) is 29.0. The van der Waals surface area contributed by atoms with Crippen LogP contribution in [0.4, 0.5) is 14.6 Å². The molecule has 0 unspecified atom stereocenters. The van der Waals surface area contributed by atoms with Crippen LogP contribution in [0.1, 0.15) is 68.8 Å². The minimum atomic E-state index is -3.04. The number of aromatic nitrogens is 3. The summed E-state index contributed by atoms with van der Waals surface area (Å²) in [6, 6.07) is 1.83. The van der Waals surface area contributed by atoms with Gasteiger partial charge in [-0.2, -0.15) is 5.10 Å². The lowest BCUT2D eigenvalue weighted by atomic mass is 9.52. The molecule has 5 rings (SSSR count). The van der Waals surface area contributed by atoms with Gasteiger partial charge in [0.2, 0.25) is 5.92 Å². The summed E-state index contributed by atoms with van der Waals surface area (Å²) in [7, 11) is -1.51. The van der Waals surface area contributed by atoms with Gasteiger partial charge in [0.25, 0.3) is 5.91 Å². The third kappa shape index (κ3) is 5.79. The number of sulfone groups is 1. The molecule has 3 saturated carbocycles. The molecule has 2 heterocycles. The normalized spacial score (nSPS) is 23.8. The highest BCUT2D eigenvalue weighted by Gasteiger charge is 2.61. The van der Waals surface area contributed by atoms with Crippen LogP contribution in [0.3, 0.4) is 0 Å². The fourth-order valence-electron chi connectivity index (χ4n) is 6.65. The standard InChI is InChI=1S/C27H36ClF2N5O4S/c1-4-35-24(22(28)23(34-35)25(36)32-12-16-5-7-18(8-6-16)40(3,37)38)19-13-31-21(9-20(19)39-2)33-17-10-26(11-17)14-27(29,30)15-26/h9,13,16-18H,4-8,10-12,14-15H2,1-3H3,(H,31,33)(H,32,36)/t16-,18-. The van der Waals surface area contributed by atoms with E-state index in [2.05, 4.69) is 20.7 Å². The van der Waals surface area contributed by atoms with E-state index in [0.717, 1.165) is 12.8 Å². The van der Waals surface area contributed by atoms with E-state index in [9.17, 15) is 22.0 Å². The van der Waals surface area contributed by atoms with Gasteiger partial charge in [0.15, 0.2) is 5.69 Å². The van der Waals surface area contributed by atoms with E-state index in [1.807, 2.05) is 6.92 Å². The van der Waals surface area contributed by atoms with Crippen LogP contribution in [-0.4, -0.2) is 66.2 Å². The molecular weight excluding hydrogens is 564 g/mol. The van der Waals surface area contributed by atoms with Crippen molar-refractivity contribution < 1.29 is 26.7 Å².